The molecule has 0 atom stereocenters. The van der Waals surface area contributed by atoms with Gasteiger partial charge >= 0.3 is 0 Å². The zero-order chi connectivity index (χ0) is 24.5. The van der Waals surface area contributed by atoms with Crippen LogP contribution in [0.25, 0.3) is 15.9 Å². The first-order valence-electron chi connectivity index (χ1n) is 11.3. The van der Waals surface area contributed by atoms with E-state index in [9.17, 15) is 9.59 Å². The van der Waals surface area contributed by atoms with Crippen LogP contribution in [0.1, 0.15) is 22.4 Å². The first-order chi connectivity index (χ1) is 17.0. The van der Waals surface area contributed by atoms with E-state index >= 15 is 0 Å². The minimum absolute atomic E-state index is 0.0669. The molecule has 2 heterocycles. The van der Waals surface area contributed by atoms with Crippen LogP contribution in [0, 0.1) is 6.92 Å². The third kappa shape index (κ3) is 4.53. The normalized spacial score (nSPS) is 12.5. The minimum atomic E-state index is -0.207. The summed E-state index contributed by atoms with van der Waals surface area (Å²) in [6, 6.07) is 13.0. The van der Waals surface area contributed by atoms with Crippen molar-refractivity contribution < 1.29 is 14.3 Å². The van der Waals surface area contributed by atoms with Crippen molar-refractivity contribution in [2.45, 2.75) is 31.3 Å². The van der Waals surface area contributed by atoms with Gasteiger partial charge in [0, 0.05) is 16.6 Å². The summed E-state index contributed by atoms with van der Waals surface area (Å²) in [5.41, 5.74) is 3.48. The highest BCUT2D eigenvalue weighted by Gasteiger charge is 2.24. The molecule has 4 aromatic rings. The number of thiophene rings is 1. The van der Waals surface area contributed by atoms with E-state index in [1.165, 1.54) is 16.6 Å². The van der Waals surface area contributed by atoms with Crippen LogP contribution in [0.15, 0.2) is 52.4 Å². The molecule has 0 saturated heterocycles. The average molecular weight is 508 g/mol. The van der Waals surface area contributed by atoms with Crippen LogP contribution in [-0.4, -0.2) is 35.4 Å². The quantitative estimate of drug-likeness (QED) is 0.280. The largest absolute Gasteiger partial charge is 0.493 e. The third-order valence-corrected chi connectivity index (χ3v) is 8.09. The predicted octanol–water partition coefficient (Wildman–Crippen LogP) is 4.99. The Bertz CT molecular complexity index is 1490. The first kappa shape index (κ1) is 23.4. The lowest BCUT2D eigenvalue weighted by molar-refractivity contribution is -0.113. The fourth-order valence-corrected chi connectivity index (χ4v) is 6.47. The molecule has 0 radical (unpaired) electrons. The van der Waals surface area contributed by atoms with Crippen LogP contribution in [-0.2, 0) is 17.6 Å². The molecule has 7 nitrogen and oxygen atoms in total. The van der Waals surface area contributed by atoms with E-state index in [0.29, 0.717) is 22.3 Å². The zero-order valence-corrected chi connectivity index (χ0v) is 21.3. The van der Waals surface area contributed by atoms with Crippen LogP contribution in [0.4, 0.5) is 5.69 Å². The van der Waals surface area contributed by atoms with Gasteiger partial charge in [-0.3, -0.25) is 14.2 Å². The maximum Gasteiger partial charge on any atom is 0.267 e. The fourth-order valence-electron chi connectivity index (χ4n) is 4.36. The van der Waals surface area contributed by atoms with Gasteiger partial charge in [-0.2, -0.15) is 0 Å². The Hall–Kier alpha value is -3.30. The second-order valence-corrected chi connectivity index (χ2v) is 10.3. The molecule has 0 saturated carbocycles. The second-order valence-electron chi connectivity index (χ2n) is 8.32. The molecule has 1 aliphatic carbocycles. The van der Waals surface area contributed by atoms with E-state index in [1.54, 1.807) is 48.3 Å². The average Bonchev–Trinajstić information content (AvgIpc) is 3.43. The molecule has 9 heteroatoms. The number of hydrogen-bond donors (Lipinski definition) is 1. The van der Waals surface area contributed by atoms with Crippen LogP contribution in [0.5, 0.6) is 11.5 Å². The van der Waals surface area contributed by atoms with Crippen molar-refractivity contribution in [3.05, 3.63) is 68.8 Å². The predicted molar refractivity (Wildman–Crippen MR) is 141 cm³/mol. The summed E-state index contributed by atoms with van der Waals surface area (Å²) in [6.07, 6.45) is 2.99. The lowest BCUT2D eigenvalue weighted by atomic mass is 10.2. The van der Waals surface area contributed by atoms with Gasteiger partial charge in [-0.05, 0) is 61.6 Å². The number of hydrogen-bond acceptors (Lipinski definition) is 7. The molecule has 0 aliphatic heterocycles. The number of anilines is 1. The molecular weight excluding hydrogens is 482 g/mol. The van der Waals surface area contributed by atoms with Crippen molar-refractivity contribution in [1.82, 2.24) is 9.55 Å². The molecule has 35 heavy (non-hydrogen) atoms. The Balaban J connectivity index is 1.46. The summed E-state index contributed by atoms with van der Waals surface area (Å²) in [7, 11) is 3.11. The maximum absolute atomic E-state index is 13.7. The molecular formula is C26H25N3O4S2. The van der Waals surface area contributed by atoms with Crippen LogP contribution < -0.4 is 20.3 Å². The number of nitrogens with zero attached hydrogens (tertiary/aromatic N) is 2. The van der Waals surface area contributed by atoms with Gasteiger partial charge in [-0.25, -0.2) is 4.98 Å². The van der Waals surface area contributed by atoms with Crippen molar-refractivity contribution in [3.8, 4) is 17.2 Å². The van der Waals surface area contributed by atoms with E-state index in [2.05, 4.69) is 5.32 Å². The SMILES string of the molecule is COc1ccc(NC(=O)CSc2nc3sc4c(c3c(=O)n2-c2cccc(C)c2)CCC4)cc1OC. The summed E-state index contributed by atoms with van der Waals surface area (Å²) in [5, 5.41) is 4.12. The highest BCUT2D eigenvalue weighted by atomic mass is 32.2. The van der Waals surface area contributed by atoms with Gasteiger partial charge in [0.1, 0.15) is 4.83 Å². The Morgan fingerprint density at radius 3 is 2.74 bits per heavy atom. The zero-order valence-electron chi connectivity index (χ0n) is 19.7. The number of benzene rings is 2. The van der Waals surface area contributed by atoms with Crippen molar-refractivity contribution in [1.29, 1.82) is 0 Å². The van der Waals surface area contributed by atoms with E-state index < -0.39 is 0 Å². The summed E-state index contributed by atoms with van der Waals surface area (Å²) >= 11 is 2.86. The number of thioether (sulfide) groups is 1. The van der Waals surface area contributed by atoms with Gasteiger partial charge in [0.2, 0.25) is 5.91 Å². The number of ether oxygens (including phenoxy) is 2. The Kier molecular flexibility index (Phi) is 6.53. The van der Waals surface area contributed by atoms with E-state index in [0.717, 1.165) is 46.3 Å². The molecule has 1 N–H and O–H groups in total. The Morgan fingerprint density at radius 2 is 1.97 bits per heavy atom. The van der Waals surface area contributed by atoms with Crippen molar-refractivity contribution in [2.75, 3.05) is 25.3 Å². The van der Waals surface area contributed by atoms with Gasteiger partial charge in [0.05, 0.1) is 31.0 Å². The molecule has 1 amide bonds. The van der Waals surface area contributed by atoms with E-state index in [4.69, 9.17) is 14.5 Å². The molecule has 2 aromatic carbocycles. The number of aryl methyl sites for hydroxylation is 3. The molecule has 0 fully saturated rings. The smallest absolute Gasteiger partial charge is 0.267 e. The number of carbonyl (C=O) groups is 1. The van der Waals surface area contributed by atoms with Gasteiger partial charge in [-0.15, -0.1) is 11.3 Å². The number of carbonyl (C=O) groups excluding carboxylic acids is 1. The minimum Gasteiger partial charge on any atom is -0.493 e. The number of methoxy groups -OCH3 is 2. The maximum atomic E-state index is 13.7. The van der Waals surface area contributed by atoms with Crippen LogP contribution >= 0.6 is 23.1 Å². The third-order valence-electron chi connectivity index (χ3n) is 5.97. The van der Waals surface area contributed by atoms with Gasteiger partial charge in [-0.1, -0.05) is 23.9 Å². The van der Waals surface area contributed by atoms with Crippen molar-refractivity contribution >= 4 is 44.9 Å². The first-order valence-corrected chi connectivity index (χ1v) is 13.1. The van der Waals surface area contributed by atoms with Gasteiger partial charge in [0.25, 0.3) is 5.56 Å². The number of aromatic nitrogens is 2. The summed E-state index contributed by atoms with van der Waals surface area (Å²) in [6.45, 7) is 1.99. The molecule has 0 bridgehead atoms. The summed E-state index contributed by atoms with van der Waals surface area (Å²) in [4.78, 5) is 33.4. The van der Waals surface area contributed by atoms with Crippen LogP contribution in [0.2, 0.25) is 0 Å². The number of nitrogens with one attached hydrogen (secondary N) is 1. The lowest BCUT2D eigenvalue weighted by Gasteiger charge is -2.13. The lowest BCUT2D eigenvalue weighted by Crippen LogP contribution is -2.23. The van der Waals surface area contributed by atoms with Gasteiger partial charge in [0.15, 0.2) is 16.7 Å². The standard InChI is InChI=1S/C26H25N3O4S2/c1-15-6-4-7-17(12-15)29-25(31)23-18-8-5-9-21(18)35-24(23)28-26(29)34-14-22(30)27-16-10-11-19(32-2)20(13-16)33-3/h4,6-7,10-13H,5,8-9,14H2,1-3H3,(H,27,30). The summed E-state index contributed by atoms with van der Waals surface area (Å²) < 4.78 is 12.2. The summed E-state index contributed by atoms with van der Waals surface area (Å²) in [5.74, 6) is 1.01. The molecule has 1 aliphatic rings. The van der Waals surface area contributed by atoms with Crippen molar-refractivity contribution in [2.24, 2.45) is 0 Å². The molecule has 2 aromatic heterocycles. The molecule has 180 valence electrons. The van der Waals surface area contributed by atoms with Crippen LogP contribution in [0.3, 0.4) is 0 Å². The fraction of sp³-hybridized carbons (Fsp3) is 0.269. The van der Waals surface area contributed by atoms with Crippen molar-refractivity contribution in [3.63, 3.8) is 0 Å². The number of rotatable bonds is 7. The second kappa shape index (κ2) is 9.75. The molecule has 5 rings (SSSR count). The highest BCUT2D eigenvalue weighted by Crippen LogP contribution is 2.36. The monoisotopic (exact) mass is 507 g/mol. The highest BCUT2D eigenvalue weighted by molar-refractivity contribution is 7.99. The number of amides is 1. The van der Waals surface area contributed by atoms with Gasteiger partial charge < -0.3 is 14.8 Å². The molecule has 0 spiro atoms. The Labute approximate surface area is 211 Å². The number of fused-ring (bicyclic) bond motifs is 3. The topological polar surface area (TPSA) is 82.5 Å². The molecule has 0 unspecified atom stereocenters. The Morgan fingerprint density at radius 1 is 1.14 bits per heavy atom. The van der Waals surface area contributed by atoms with E-state index in [1.807, 2.05) is 31.2 Å². The van der Waals surface area contributed by atoms with E-state index in [-0.39, 0.29) is 17.2 Å².